The second-order valence-electron chi connectivity index (χ2n) is 4.81. The van der Waals surface area contributed by atoms with E-state index in [1.807, 2.05) is 0 Å². The van der Waals surface area contributed by atoms with Crippen LogP contribution >= 0.6 is 12.2 Å². The quantitative estimate of drug-likeness (QED) is 0.762. The van der Waals surface area contributed by atoms with E-state index >= 15 is 0 Å². The lowest BCUT2D eigenvalue weighted by molar-refractivity contribution is 0.500. The Morgan fingerprint density at radius 1 is 1.61 bits per heavy atom. The Morgan fingerprint density at radius 3 is 2.56 bits per heavy atom. The molecule has 0 bridgehead atoms. The minimum atomic E-state index is -3.63. The lowest BCUT2D eigenvalue weighted by Gasteiger charge is -2.22. The minimum absolute atomic E-state index is 0.00115. The average Bonchev–Trinajstić information content (AvgIpc) is 2.57. The van der Waals surface area contributed by atoms with E-state index in [9.17, 15) is 8.42 Å². The highest BCUT2D eigenvalue weighted by Crippen LogP contribution is 2.15. The summed E-state index contributed by atoms with van der Waals surface area (Å²) in [7, 11) is -1.89. The summed E-state index contributed by atoms with van der Waals surface area (Å²) >= 11 is 4.88. The molecule has 1 heterocycles. The number of hydrogen-bond acceptors (Lipinski definition) is 4. The maximum atomic E-state index is 12.0. The topological polar surface area (TPSA) is 90.0 Å². The molecule has 0 aliphatic heterocycles. The van der Waals surface area contributed by atoms with Gasteiger partial charge in [-0.3, -0.25) is 0 Å². The van der Waals surface area contributed by atoms with Crippen LogP contribution in [0.5, 0.6) is 0 Å². The number of nitrogens with two attached hydrogens (primary N) is 1. The molecule has 0 saturated carbocycles. The van der Waals surface area contributed by atoms with Gasteiger partial charge in [-0.15, -0.1) is 0 Å². The van der Waals surface area contributed by atoms with E-state index < -0.39 is 15.4 Å². The molecule has 8 heteroatoms. The Balaban J connectivity index is 2.87. The predicted octanol–water partition coefficient (Wildman–Crippen LogP) is 0.319. The number of sulfonamides is 1. The van der Waals surface area contributed by atoms with Crippen LogP contribution in [0.4, 0.5) is 0 Å². The Kier molecular flexibility index (Phi) is 4.14. The molecule has 1 aromatic heterocycles. The van der Waals surface area contributed by atoms with Crippen molar-refractivity contribution in [3.05, 3.63) is 12.0 Å². The van der Waals surface area contributed by atoms with Gasteiger partial charge in [0.25, 0.3) is 10.0 Å². The Morgan fingerprint density at radius 2 is 2.17 bits per heavy atom. The van der Waals surface area contributed by atoms with Crippen LogP contribution in [0.1, 0.15) is 19.7 Å². The Hall–Kier alpha value is -0.990. The molecule has 0 spiro atoms. The second kappa shape index (κ2) is 4.94. The third kappa shape index (κ3) is 3.27. The zero-order valence-electron chi connectivity index (χ0n) is 10.9. The number of hydrogen-bond donors (Lipinski definition) is 2. The molecule has 0 unspecified atom stereocenters. The Labute approximate surface area is 113 Å². The lowest BCUT2D eigenvalue weighted by atomic mass is 9.94. The fourth-order valence-corrected chi connectivity index (χ4v) is 2.41. The number of aryl methyl sites for hydroxylation is 2. The zero-order chi connectivity index (χ0) is 14.1. The van der Waals surface area contributed by atoms with Crippen LogP contribution < -0.4 is 10.5 Å². The molecule has 0 amide bonds. The van der Waals surface area contributed by atoms with Crippen molar-refractivity contribution in [1.82, 2.24) is 14.3 Å². The summed E-state index contributed by atoms with van der Waals surface area (Å²) in [4.78, 5) is 4.24. The van der Waals surface area contributed by atoms with Crippen LogP contribution in [0.3, 0.4) is 0 Å². The SMILES string of the molecule is Cc1nc(S(=O)(=O)NCC(C)(C)C(N)=S)cn1C. The van der Waals surface area contributed by atoms with Gasteiger partial charge < -0.3 is 10.3 Å². The summed E-state index contributed by atoms with van der Waals surface area (Å²) in [6.07, 6.45) is 1.46. The van der Waals surface area contributed by atoms with E-state index in [1.165, 1.54) is 6.20 Å². The number of nitrogens with zero attached hydrogens (tertiary/aromatic N) is 2. The molecule has 0 saturated heterocycles. The van der Waals surface area contributed by atoms with Gasteiger partial charge in [-0.2, -0.15) is 0 Å². The molecular formula is C10H18N4O2S2. The minimum Gasteiger partial charge on any atom is -0.393 e. The van der Waals surface area contributed by atoms with Crippen LogP contribution in [0, 0.1) is 12.3 Å². The van der Waals surface area contributed by atoms with Crippen molar-refractivity contribution in [3.63, 3.8) is 0 Å². The average molecular weight is 290 g/mol. The number of rotatable bonds is 5. The summed E-state index contributed by atoms with van der Waals surface area (Å²) in [5, 5.41) is 0.00115. The molecule has 1 rings (SSSR count). The first-order chi connectivity index (χ1) is 8.06. The van der Waals surface area contributed by atoms with E-state index in [0.717, 1.165) is 0 Å². The first-order valence-corrected chi connectivity index (χ1v) is 7.25. The van der Waals surface area contributed by atoms with Crippen molar-refractivity contribution in [3.8, 4) is 0 Å². The van der Waals surface area contributed by atoms with E-state index in [2.05, 4.69) is 9.71 Å². The molecule has 102 valence electrons. The second-order valence-corrected chi connectivity index (χ2v) is 6.96. The molecule has 0 radical (unpaired) electrons. The molecular weight excluding hydrogens is 272 g/mol. The van der Waals surface area contributed by atoms with Crippen molar-refractivity contribution in [2.75, 3.05) is 6.54 Å². The number of nitrogens with one attached hydrogen (secondary N) is 1. The maximum Gasteiger partial charge on any atom is 0.259 e. The number of imidazole rings is 1. The fraction of sp³-hybridized carbons (Fsp3) is 0.600. The van der Waals surface area contributed by atoms with Crippen molar-refractivity contribution >= 4 is 27.2 Å². The molecule has 1 aromatic rings. The van der Waals surface area contributed by atoms with Crippen molar-refractivity contribution < 1.29 is 8.42 Å². The fourth-order valence-electron chi connectivity index (χ4n) is 1.09. The molecule has 0 fully saturated rings. The van der Waals surface area contributed by atoms with Crippen molar-refractivity contribution in [1.29, 1.82) is 0 Å². The third-order valence-corrected chi connectivity index (χ3v) is 4.56. The molecule has 6 nitrogen and oxygen atoms in total. The highest BCUT2D eigenvalue weighted by Gasteiger charge is 2.26. The van der Waals surface area contributed by atoms with Gasteiger partial charge in [0.05, 0.1) is 4.99 Å². The van der Waals surface area contributed by atoms with Gasteiger partial charge in [0, 0.05) is 25.2 Å². The van der Waals surface area contributed by atoms with Crippen LogP contribution in [0.2, 0.25) is 0 Å². The standard InChI is InChI=1S/C10H18N4O2S2/c1-7-13-8(5-14(7)4)18(15,16)12-6-10(2,3)9(11)17/h5,12H,6H2,1-4H3,(H2,11,17). The predicted molar refractivity (Wildman–Crippen MR) is 73.7 cm³/mol. The van der Waals surface area contributed by atoms with Gasteiger partial charge in [0.2, 0.25) is 0 Å². The van der Waals surface area contributed by atoms with Gasteiger partial charge in [-0.1, -0.05) is 26.1 Å². The lowest BCUT2D eigenvalue weighted by Crippen LogP contribution is -2.41. The number of thiocarbonyl (C=S) groups is 1. The third-order valence-electron chi connectivity index (χ3n) is 2.73. The summed E-state index contributed by atoms with van der Waals surface area (Å²) in [5.41, 5.74) is 4.97. The largest absolute Gasteiger partial charge is 0.393 e. The van der Waals surface area contributed by atoms with Crippen molar-refractivity contribution in [2.24, 2.45) is 18.2 Å². The highest BCUT2D eigenvalue weighted by molar-refractivity contribution is 7.89. The van der Waals surface area contributed by atoms with E-state index in [0.29, 0.717) is 5.82 Å². The highest BCUT2D eigenvalue weighted by atomic mass is 32.2. The first kappa shape index (κ1) is 15.1. The molecule has 0 aliphatic rings. The van der Waals surface area contributed by atoms with Crippen LogP contribution in [0.15, 0.2) is 11.2 Å². The molecule has 0 atom stereocenters. The first-order valence-electron chi connectivity index (χ1n) is 5.36. The summed E-state index contributed by atoms with van der Waals surface area (Å²) < 4.78 is 28.1. The van der Waals surface area contributed by atoms with Crippen LogP contribution in [-0.2, 0) is 17.1 Å². The molecule has 3 N–H and O–H groups in total. The molecule has 0 aliphatic carbocycles. The van der Waals surface area contributed by atoms with Crippen LogP contribution in [-0.4, -0.2) is 29.5 Å². The van der Waals surface area contributed by atoms with Gasteiger partial charge in [0.15, 0.2) is 5.03 Å². The van der Waals surface area contributed by atoms with Gasteiger partial charge in [-0.05, 0) is 6.92 Å². The van der Waals surface area contributed by atoms with Gasteiger partial charge in [-0.25, -0.2) is 18.1 Å². The molecule has 0 aromatic carbocycles. The van der Waals surface area contributed by atoms with Gasteiger partial charge >= 0.3 is 0 Å². The van der Waals surface area contributed by atoms with Crippen molar-refractivity contribution in [2.45, 2.75) is 25.8 Å². The van der Waals surface area contributed by atoms with Gasteiger partial charge in [0.1, 0.15) is 5.82 Å². The summed E-state index contributed by atoms with van der Waals surface area (Å²) in [6.45, 7) is 5.43. The monoisotopic (exact) mass is 290 g/mol. The normalized spacial score (nSPS) is 12.7. The van der Waals surface area contributed by atoms with E-state index in [1.54, 1.807) is 32.4 Å². The van der Waals surface area contributed by atoms with Crippen LogP contribution in [0.25, 0.3) is 0 Å². The van der Waals surface area contributed by atoms with E-state index in [-0.39, 0.29) is 16.6 Å². The molecule has 18 heavy (non-hydrogen) atoms. The maximum absolute atomic E-state index is 12.0. The van der Waals surface area contributed by atoms with E-state index in [4.69, 9.17) is 18.0 Å². The zero-order valence-corrected chi connectivity index (χ0v) is 12.5. The Bertz CT molecular complexity index is 541. The smallest absolute Gasteiger partial charge is 0.259 e. The number of aromatic nitrogens is 2. The summed E-state index contributed by atoms with van der Waals surface area (Å²) in [5.74, 6) is 0.629. The summed E-state index contributed by atoms with van der Waals surface area (Å²) in [6, 6.07) is 0.